The number of carboxylic acids is 1. The maximum atomic E-state index is 12.4. The summed E-state index contributed by atoms with van der Waals surface area (Å²) >= 11 is 0. The van der Waals surface area contributed by atoms with E-state index in [1.807, 2.05) is 55.1 Å². The largest absolute Gasteiger partial charge is 0.496 e. The van der Waals surface area contributed by atoms with Crippen molar-refractivity contribution in [3.8, 4) is 5.75 Å². The van der Waals surface area contributed by atoms with Crippen LogP contribution in [0.1, 0.15) is 33.9 Å². The van der Waals surface area contributed by atoms with Crippen molar-refractivity contribution in [2.24, 2.45) is 0 Å². The van der Waals surface area contributed by atoms with Gasteiger partial charge in [0.15, 0.2) is 0 Å². The molecule has 1 N–H and O–H groups in total. The van der Waals surface area contributed by atoms with Crippen LogP contribution in [0.4, 0.5) is 0 Å². The van der Waals surface area contributed by atoms with Crippen molar-refractivity contribution in [1.29, 1.82) is 0 Å². The SMILES string of the molecule is COc1c(C)cc([C@@H](C(=O)O)N(Cc2cccnc2)Cc2cccnc2)cc1C. The van der Waals surface area contributed by atoms with Crippen molar-refractivity contribution in [2.75, 3.05) is 7.11 Å². The fourth-order valence-electron chi connectivity index (χ4n) is 3.66. The molecule has 0 spiro atoms. The monoisotopic (exact) mass is 391 g/mol. The summed E-state index contributed by atoms with van der Waals surface area (Å²) in [5.41, 5.74) is 4.45. The predicted molar refractivity (Wildman–Crippen MR) is 111 cm³/mol. The summed E-state index contributed by atoms with van der Waals surface area (Å²) in [6.45, 7) is 4.76. The molecule has 0 amide bonds. The Morgan fingerprint density at radius 1 is 1.03 bits per heavy atom. The normalized spacial score (nSPS) is 12.0. The molecule has 3 rings (SSSR count). The first-order valence-corrected chi connectivity index (χ1v) is 9.39. The zero-order valence-corrected chi connectivity index (χ0v) is 16.9. The predicted octanol–water partition coefficient (Wildman–Crippen LogP) is 3.93. The van der Waals surface area contributed by atoms with Crippen LogP contribution in [-0.2, 0) is 17.9 Å². The van der Waals surface area contributed by atoms with Gasteiger partial charge in [0.1, 0.15) is 11.8 Å². The van der Waals surface area contributed by atoms with Gasteiger partial charge >= 0.3 is 5.97 Å². The van der Waals surface area contributed by atoms with Gasteiger partial charge in [0, 0.05) is 37.9 Å². The first-order valence-electron chi connectivity index (χ1n) is 9.39. The molecule has 3 aromatic rings. The number of methoxy groups -OCH3 is 1. The zero-order valence-electron chi connectivity index (χ0n) is 16.9. The third-order valence-electron chi connectivity index (χ3n) is 4.82. The van der Waals surface area contributed by atoms with E-state index in [2.05, 4.69) is 9.97 Å². The van der Waals surface area contributed by atoms with Gasteiger partial charge in [-0.3, -0.25) is 19.7 Å². The number of aryl methyl sites for hydroxylation is 2. The van der Waals surface area contributed by atoms with Crippen LogP contribution in [0.5, 0.6) is 5.75 Å². The zero-order chi connectivity index (χ0) is 20.8. The lowest BCUT2D eigenvalue weighted by atomic mass is 9.98. The van der Waals surface area contributed by atoms with Crippen molar-refractivity contribution < 1.29 is 14.6 Å². The summed E-state index contributed by atoms with van der Waals surface area (Å²) in [4.78, 5) is 22.7. The summed E-state index contributed by atoms with van der Waals surface area (Å²) in [5.74, 6) is -0.120. The Morgan fingerprint density at radius 2 is 1.55 bits per heavy atom. The number of pyridine rings is 2. The Balaban J connectivity index is 2.03. The number of carbonyl (C=O) groups is 1. The van der Waals surface area contributed by atoms with Crippen molar-refractivity contribution in [3.63, 3.8) is 0 Å². The minimum atomic E-state index is -0.901. The first kappa shape index (κ1) is 20.5. The molecule has 150 valence electrons. The van der Waals surface area contributed by atoms with E-state index < -0.39 is 12.0 Å². The summed E-state index contributed by atoms with van der Waals surface area (Å²) in [5, 5.41) is 10.2. The second-order valence-electron chi connectivity index (χ2n) is 7.06. The van der Waals surface area contributed by atoms with Gasteiger partial charge in [-0.2, -0.15) is 0 Å². The first-order chi connectivity index (χ1) is 14.0. The van der Waals surface area contributed by atoms with Gasteiger partial charge in [0.2, 0.25) is 0 Å². The van der Waals surface area contributed by atoms with Gasteiger partial charge in [0.25, 0.3) is 0 Å². The standard InChI is InChI=1S/C23H25N3O3/c1-16-10-20(11-17(2)22(16)29-3)21(23(27)28)26(14-18-6-4-8-24-12-18)15-19-7-5-9-25-13-19/h4-13,21H,14-15H2,1-3H3,(H,27,28)/t21-/m0/s1. The lowest BCUT2D eigenvalue weighted by molar-refractivity contribution is -0.144. The van der Waals surface area contributed by atoms with Gasteiger partial charge in [0.05, 0.1) is 7.11 Å². The molecular weight excluding hydrogens is 366 g/mol. The van der Waals surface area contributed by atoms with Crippen molar-refractivity contribution in [2.45, 2.75) is 33.0 Å². The average molecular weight is 391 g/mol. The van der Waals surface area contributed by atoms with Crippen molar-refractivity contribution >= 4 is 5.97 Å². The summed E-state index contributed by atoms with van der Waals surface area (Å²) in [7, 11) is 1.63. The average Bonchev–Trinajstić information content (AvgIpc) is 2.69. The summed E-state index contributed by atoms with van der Waals surface area (Å²) in [6, 6.07) is 10.6. The summed E-state index contributed by atoms with van der Waals surface area (Å²) < 4.78 is 5.45. The van der Waals surface area contributed by atoms with Crippen LogP contribution >= 0.6 is 0 Å². The van der Waals surface area contributed by atoms with Gasteiger partial charge in [-0.05, 0) is 53.8 Å². The number of benzene rings is 1. The van der Waals surface area contributed by atoms with Gasteiger partial charge in [-0.15, -0.1) is 0 Å². The topological polar surface area (TPSA) is 75.6 Å². The molecule has 6 heteroatoms. The number of carboxylic acid groups (broad SMARTS) is 1. The molecule has 1 atom stereocenters. The van der Waals surface area contributed by atoms with Crippen molar-refractivity contribution in [3.05, 3.63) is 89.0 Å². The van der Waals surface area contributed by atoms with E-state index in [9.17, 15) is 9.90 Å². The molecule has 29 heavy (non-hydrogen) atoms. The van der Waals surface area contributed by atoms with Crippen molar-refractivity contribution in [1.82, 2.24) is 14.9 Å². The number of ether oxygens (including phenoxy) is 1. The Bertz CT molecular complexity index is 897. The van der Waals surface area contributed by atoms with E-state index in [4.69, 9.17) is 4.74 Å². The van der Waals surface area contributed by atoms with Crippen LogP contribution in [0, 0.1) is 13.8 Å². The molecule has 2 heterocycles. The lowest BCUT2D eigenvalue weighted by Gasteiger charge is -2.30. The highest BCUT2D eigenvalue weighted by molar-refractivity contribution is 5.76. The molecule has 0 aliphatic carbocycles. The van der Waals surface area contributed by atoms with Crippen LogP contribution in [-0.4, -0.2) is 33.1 Å². The van der Waals surface area contributed by atoms with E-state index in [0.717, 1.165) is 33.6 Å². The summed E-state index contributed by atoms with van der Waals surface area (Å²) in [6.07, 6.45) is 6.94. The second-order valence-corrected chi connectivity index (χ2v) is 7.06. The Morgan fingerprint density at radius 3 is 1.93 bits per heavy atom. The molecule has 0 saturated heterocycles. The molecule has 0 radical (unpaired) electrons. The van der Waals surface area contributed by atoms with E-state index >= 15 is 0 Å². The molecule has 6 nitrogen and oxygen atoms in total. The second kappa shape index (κ2) is 9.30. The molecular formula is C23H25N3O3. The minimum absolute atomic E-state index is 0.448. The maximum absolute atomic E-state index is 12.4. The van der Waals surface area contributed by atoms with Gasteiger partial charge in [-0.1, -0.05) is 24.3 Å². The van der Waals surface area contributed by atoms with E-state index in [0.29, 0.717) is 13.1 Å². The molecule has 0 bridgehead atoms. The number of rotatable bonds is 8. The van der Waals surface area contributed by atoms with Gasteiger partial charge in [-0.25, -0.2) is 0 Å². The lowest BCUT2D eigenvalue weighted by Crippen LogP contribution is -2.33. The molecule has 0 unspecified atom stereocenters. The molecule has 0 saturated carbocycles. The molecule has 1 aromatic carbocycles. The van der Waals surface area contributed by atoms with E-state index in [1.54, 1.807) is 31.9 Å². The smallest absolute Gasteiger partial charge is 0.325 e. The number of aliphatic carboxylic acids is 1. The fraction of sp³-hybridized carbons (Fsp3) is 0.261. The van der Waals surface area contributed by atoms with Gasteiger partial charge < -0.3 is 9.84 Å². The van der Waals surface area contributed by atoms with Crippen LogP contribution in [0.25, 0.3) is 0 Å². The third-order valence-corrected chi connectivity index (χ3v) is 4.82. The molecule has 0 aliphatic rings. The Kier molecular flexibility index (Phi) is 6.57. The molecule has 2 aromatic heterocycles. The quantitative estimate of drug-likeness (QED) is 0.627. The van der Waals surface area contributed by atoms with Crippen LogP contribution in [0.3, 0.4) is 0 Å². The highest BCUT2D eigenvalue weighted by Gasteiger charge is 2.29. The van der Waals surface area contributed by atoms with Crippen LogP contribution in [0.15, 0.2) is 61.2 Å². The number of hydrogen-bond acceptors (Lipinski definition) is 5. The maximum Gasteiger partial charge on any atom is 0.325 e. The molecule has 0 fully saturated rings. The fourth-order valence-corrected chi connectivity index (χ4v) is 3.66. The number of hydrogen-bond donors (Lipinski definition) is 1. The minimum Gasteiger partial charge on any atom is -0.496 e. The van der Waals surface area contributed by atoms with E-state index in [-0.39, 0.29) is 0 Å². The number of nitrogens with zero attached hydrogens (tertiary/aromatic N) is 3. The Labute approximate surface area is 170 Å². The third kappa shape index (κ3) is 4.97. The Hall–Kier alpha value is -3.25. The molecule has 0 aliphatic heterocycles. The van der Waals surface area contributed by atoms with Crippen LogP contribution in [0.2, 0.25) is 0 Å². The highest BCUT2D eigenvalue weighted by Crippen LogP contribution is 2.31. The highest BCUT2D eigenvalue weighted by atomic mass is 16.5. The number of aromatic nitrogens is 2. The van der Waals surface area contributed by atoms with Crippen LogP contribution < -0.4 is 4.74 Å². The van der Waals surface area contributed by atoms with E-state index in [1.165, 1.54) is 0 Å².